The Hall–Kier alpha value is -0.680. The van der Waals surface area contributed by atoms with E-state index in [2.05, 4.69) is 29.1 Å². The highest BCUT2D eigenvalue weighted by molar-refractivity contribution is 7.10. The maximum atomic E-state index is 10.4. The van der Waals surface area contributed by atoms with Crippen molar-refractivity contribution in [3.63, 3.8) is 0 Å². The summed E-state index contributed by atoms with van der Waals surface area (Å²) in [6, 6.07) is 6.48. The summed E-state index contributed by atoms with van der Waals surface area (Å²) >= 11 is 3.33. The van der Waals surface area contributed by atoms with Crippen molar-refractivity contribution in [3.05, 3.63) is 44.8 Å². The van der Waals surface area contributed by atoms with Gasteiger partial charge in [-0.3, -0.25) is 0 Å². The second-order valence-electron chi connectivity index (χ2n) is 4.87. The van der Waals surface area contributed by atoms with Gasteiger partial charge in [-0.25, -0.2) is 0 Å². The standard InChI is InChI=1S/C14H19NOS2/c1-11(8-12-5-7-17-9-12)15-10-14(2,16)13-4-3-6-18-13/h3-7,9,11,15-16H,8,10H2,1-2H3/t11-,14+/m1/s1. The molecule has 0 spiro atoms. The molecule has 98 valence electrons. The highest BCUT2D eigenvalue weighted by Gasteiger charge is 2.24. The Bertz CT molecular complexity index is 448. The van der Waals surface area contributed by atoms with Crippen molar-refractivity contribution in [2.45, 2.75) is 31.9 Å². The lowest BCUT2D eigenvalue weighted by Crippen LogP contribution is -2.40. The lowest BCUT2D eigenvalue weighted by atomic mass is 10.0. The van der Waals surface area contributed by atoms with Crippen LogP contribution in [0.2, 0.25) is 0 Å². The molecule has 4 heteroatoms. The van der Waals surface area contributed by atoms with E-state index in [1.54, 1.807) is 22.7 Å². The van der Waals surface area contributed by atoms with Crippen LogP contribution in [0.1, 0.15) is 24.3 Å². The number of rotatable bonds is 6. The Kier molecular flexibility index (Phi) is 4.56. The van der Waals surface area contributed by atoms with E-state index in [1.165, 1.54) is 5.56 Å². The fraction of sp³-hybridized carbons (Fsp3) is 0.429. The molecule has 2 nitrogen and oxygen atoms in total. The van der Waals surface area contributed by atoms with Crippen LogP contribution in [-0.2, 0) is 12.0 Å². The predicted octanol–water partition coefficient (Wildman–Crippen LogP) is 3.24. The third-order valence-corrected chi connectivity index (χ3v) is 4.82. The second kappa shape index (κ2) is 5.97. The zero-order valence-electron chi connectivity index (χ0n) is 10.7. The van der Waals surface area contributed by atoms with Gasteiger partial charge in [-0.1, -0.05) is 6.07 Å². The van der Waals surface area contributed by atoms with E-state index in [0.717, 1.165) is 11.3 Å². The largest absolute Gasteiger partial charge is 0.383 e. The van der Waals surface area contributed by atoms with Crippen LogP contribution >= 0.6 is 22.7 Å². The fourth-order valence-corrected chi connectivity index (χ4v) is 3.35. The molecule has 0 aliphatic rings. The Morgan fingerprint density at radius 1 is 1.39 bits per heavy atom. The van der Waals surface area contributed by atoms with Crippen molar-refractivity contribution in [2.75, 3.05) is 6.54 Å². The quantitative estimate of drug-likeness (QED) is 0.852. The number of nitrogens with one attached hydrogen (secondary N) is 1. The van der Waals surface area contributed by atoms with E-state index >= 15 is 0 Å². The Morgan fingerprint density at radius 3 is 2.83 bits per heavy atom. The summed E-state index contributed by atoms with van der Waals surface area (Å²) in [5.41, 5.74) is 0.577. The third kappa shape index (κ3) is 3.65. The molecule has 0 bridgehead atoms. The van der Waals surface area contributed by atoms with Gasteiger partial charge in [0.2, 0.25) is 0 Å². The number of hydrogen-bond acceptors (Lipinski definition) is 4. The van der Waals surface area contributed by atoms with Crippen LogP contribution in [0.5, 0.6) is 0 Å². The van der Waals surface area contributed by atoms with Crippen LogP contribution in [0, 0.1) is 0 Å². The Labute approximate surface area is 116 Å². The molecular formula is C14H19NOS2. The van der Waals surface area contributed by atoms with Crippen LogP contribution in [0.15, 0.2) is 34.3 Å². The van der Waals surface area contributed by atoms with Gasteiger partial charge in [0.25, 0.3) is 0 Å². The minimum absolute atomic E-state index is 0.367. The summed E-state index contributed by atoms with van der Waals surface area (Å²) in [7, 11) is 0. The SMILES string of the molecule is C[C@H](Cc1ccsc1)NC[C@](C)(O)c1cccs1. The van der Waals surface area contributed by atoms with Gasteiger partial charge >= 0.3 is 0 Å². The van der Waals surface area contributed by atoms with Gasteiger partial charge in [-0.05, 0) is 54.1 Å². The van der Waals surface area contributed by atoms with Crippen molar-refractivity contribution in [2.24, 2.45) is 0 Å². The molecule has 0 fully saturated rings. The monoisotopic (exact) mass is 281 g/mol. The van der Waals surface area contributed by atoms with Gasteiger partial charge in [0, 0.05) is 17.5 Å². The molecule has 0 saturated carbocycles. The lowest BCUT2D eigenvalue weighted by molar-refractivity contribution is 0.0581. The lowest BCUT2D eigenvalue weighted by Gasteiger charge is -2.25. The topological polar surface area (TPSA) is 32.3 Å². The van der Waals surface area contributed by atoms with E-state index in [9.17, 15) is 5.11 Å². The highest BCUT2D eigenvalue weighted by atomic mass is 32.1. The van der Waals surface area contributed by atoms with Crippen molar-refractivity contribution >= 4 is 22.7 Å². The van der Waals surface area contributed by atoms with E-state index in [0.29, 0.717) is 12.6 Å². The summed E-state index contributed by atoms with van der Waals surface area (Å²) < 4.78 is 0. The summed E-state index contributed by atoms with van der Waals surface area (Å²) in [5, 5.41) is 20.1. The molecule has 0 amide bonds. The van der Waals surface area contributed by atoms with Crippen LogP contribution in [-0.4, -0.2) is 17.7 Å². The minimum atomic E-state index is -0.781. The molecular weight excluding hydrogens is 262 g/mol. The van der Waals surface area contributed by atoms with Gasteiger partial charge in [0.15, 0.2) is 0 Å². The van der Waals surface area contributed by atoms with Crippen LogP contribution in [0.3, 0.4) is 0 Å². The average Bonchev–Trinajstić information content (AvgIpc) is 2.99. The van der Waals surface area contributed by atoms with Crippen molar-refractivity contribution in [1.29, 1.82) is 0 Å². The number of hydrogen-bond donors (Lipinski definition) is 2. The van der Waals surface area contributed by atoms with Crippen molar-refractivity contribution < 1.29 is 5.11 Å². The predicted molar refractivity (Wildman–Crippen MR) is 79.4 cm³/mol. The van der Waals surface area contributed by atoms with Crippen LogP contribution in [0.4, 0.5) is 0 Å². The van der Waals surface area contributed by atoms with E-state index < -0.39 is 5.60 Å². The summed E-state index contributed by atoms with van der Waals surface area (Å²) in [5.74, 6) is 0. The molecule has 0 radical (unpaired) electrons. The summed E-state index contributed by atoms with van der Waals surface area (Å²) in [6.45, 7) is 4.60. The zero-order chi connectivity index (χ0) is 13.0. The summed E-state index contributed by atoms with van der Waals surface area (Å²) in [6.07, 6.45) is 1.00. The van der Waals surface area contributed by atoms with Gasteiger partial charge < -0.3 is 10.4 Å². The summed E-state index contributed by atoms with van der Waals surface area (Å²) in [4.78, 5) is 1.01. The Balaban J connectivity index is 1.84. The molecule has 2 aromatic heterocycles. The van der Waals surface area contributed by atoms with Crippen molar-refractivity contribution in [1.82, 2.24) is 5.32 Å². The molecule has 0 aliphatic heterocycles. The second-order valence-corrected chi connectivity index (χ2v) is 6.60. The third-order valence-electron chi connectivity index (χ3n) is 2.97. The smallest absolute Gasteiger partial charge is 0.108 e. The van der Waals surface area contributed by atoms with E-state index in [-0.39, 0.29) is 0 Å². The number of aliphatic hydroxyl groups is 1. The molecule has 2 rings (SSSR count). The first kappa shape index (κ1) is 13.7. The van der Waals surface area contributed by atoms with Gasteiger partial charge in [-0.15, -0.1) is 11.3 Å². The van der Waals surface area contributed by atoms with Crippen LogP contribution < -0.4 is 5.32 Å². The minimum Gasteiger partial charge on any atom is -0.383 e. The highest BCUT2D eigenvalue weighted by Crippen LogP contribution is 2.24. The maximum absolute atomic E-state index is 10.4. The molecule has 2 N–H and O–H groups in total. The molecule has 2 heterocycles. The zero-order valence-corrected chi connectivity index (χ0v) is 12.4. The first-order valence-electron chi connectivity index (χ1n) is 6.09. The molecule has 18 heavy (non-hydrogen) atoms. The molecule has 0 unspecified atom stereocenters. The average molecular weight is 281 g/mol. The molecule has 0 aliphatic carbocycles. The van der Waals surface area contributed by atoms with E-state index in [1.807, 2.05) is 24.4 Å². The van der Waals surface area contributed by atoms with E-state index in [4.69, 9.17) is 0 Å². The normalized spacial score (nSPS) is 16.4. The van der Waals surface area contributed by atoms with Gasteiger partial charge in [0.05, 0.1) is 0 Å². The number of thiophene rings is 2. The first-order chi connectivity index (χ1) is 8.58. The van der Waals surface area contributed by atoms with Gasteiger partial charge in [-0.2, -0.15) is 11.3 Å². The molecule has 0 saturated heterocycles. The Morgan fingerprint density at radius 2 is 2.22 bits per heavy atom. The van der Waals surface area contributed by atoms with Gasteiger partial charge in [0.1, 0.15) is 5.60 Å². The molecule has 2 aromatic rings. The first-order valence-corrected chi connectivity index (χ1v) is 7.91. The molecule has 0 aromatic carbocycles. The fourth-order valence-electron chi connectivity index (χ4n) is 1.88. The van der Waals surface area contributed by atoms with Crippen LogP contribution in [0.25, 0.3) is 0 Å². The van der Waals surface area contributed by atoms with Crippen molar-refractivity contribution in [3.8, 4) is 0 Å². The molecule has 2 atom stereocenters. The maximum Gasteiger partial charge on any atom is 0.108 e.